The molecule has 130 valence electrons. The van der Waals surface area contributed by atoms with Crippen LogP contribution in [-0.2, 0) is 4.79 Å². The van der Waals surface area contributed by atoms with Crippen LogP contribution in [0.5, 0.6) is 5.75 Å². The monoisotopic (exact) mass is 347 g/mol. The molecule has 0 unspecified atom stereocenters. The molecular formula is C18H25N3O2S. The molecule has 1 aliphatic rings. The summed E-state index contributed by atoms with van der Waals surface area (Å²) in [7, 11) is 1.65. The second kappa shape index (κ2) is 7.66. The molecule has 1 aromatic carbocycles. The summed E-state index contributed by atoms with van der Waals surface area (Å²) in [5.41, 5.74) is 3.49. The molecule has 1 aliphatic heterocycles. The maximum atomic E-state index is 13.0. The van der Waals surface area contributed by atoms with Crippen molar-refractivity contribution >= 4 is 23.2 Å². The van der Waals surface area contributed by atoms with Gasteiger partial charge in [-0.2, -0.15) is 0 Å². The number of hydrogen-bond donors (Lipinski definition) is 2. The topological polar surface area (TPSA) is 53.6 Å². The van der Waals surface area contributed by atoms with Crippen LogP contribution in [0.4, 0.5) is 0 Å². The molecule has 0 aromatic heterocycles. The molecule has 0 fully saturated rings. The minimum atomic E-state index is -0.290. The third kappa shape index (κ3) is 3.53. The summed E-state index contributed by atoms with van der Waals surface area (Å²) in [6.07, 6.45) is 0. The van der Waals surface area contributed by atoms with Crippen molar-refractivity contribution in [2.24, 2.45) is 0 Å². The Hall–Kier alpha value is -2.08. The van der Waals surface area contributed by atoms with Crippen LogP contribution in [0.25, 0.3) is 0 Å². The fourth-order valence-corrected chi connectivity index (χ4v) is 3.20. The van der Waals surface area contributed by atoms with Crippen molar-refractivity contribution < 1.29 is 9.53 Å². The largest absolute Gasteiger partial charge is 0.496 e. The van der Waals surface area contributed by atoms with Gasteiger partial charge in [0.05, 0.1) is 18.7 Å². The number of ether oxygens (including phenoxy) is 1. The summed E-state index contributed by atoms with van der Waals surface area (Å²) in [4.78, 5) is 14.8. The van der Waals surface area contributed by atoms with Gasteiger partial charge in [-0.05, 0) is 57.1 Å². The first-order valence-corrected chi connectivity index (χ1v) is 8.55. The Kier molecular flexibility index (Phi) is 5.83. The van der Waals surface area contributed by atoms with Crippen LogP contribution < -0.4 is 15.4 Å². The third-order valence-electron chi connectivity index (χ3n) is 4.32. The van der Waals surface area contributed by atoms with E-state index in [0.717, 1.165) is 22.6 Å². The predicted molar refractivity (Wildman–Crippen MR) is 100.0 cm³/mol. The number of amides is 1. The number of likely N-dealkylation sites (N-methyl/N-ethyl adjacent to an activating group) is 1. The fraction of sp³-hybridized carbons (Fsp3) is 0.444. The second-order valence-corrected chi connectivity index (χ2v) is 6.18. The van der Waals surface area contributed by atoms with E-state index in [9.17, 15) is 4.79 Å². The van der Waals surface area contributed by atoms with Crippen molar-refractivity contribution in [3.8, 4) is 5.75 Å². The standard InChI is InChI=1S/C18H25N3O2S/c1-6-21(7-2)17(22)15-12(4)19-18(24)20-16(15)13-9-8-11(3)14(10-13)23-5/h8-10,16H,6-7H2,1-5H3,(H2,19,20,24)/t16-/m0/s1. The molecule has 0 spiro atoms. The van der Waals surface area contributed by atoms with Crippen LogP contribution in [0.3, 0.4) is 0 Å². The Bertz CT molecular complexity index is 681. The van der Waals surface area contributed by atoms with Crippen molar-refractivity contribution in [3.63, 3.8) is 0 Å². The second-order valence-electron chi connectivity index (χ2n) is 5.78. The fourth-order valence-electron chi connectivity index (χ4n) is 2.92. The molecule has 2 N–H and O–H groups in total. The van der Waals surface area contributed by atoms with Gasteiger partial charge < -0.3 is 20.3 Å². The summed E-state index contributed by atoms with van der Waals surface area (Å²) in [5.74, 6) is 0.815. The van der Waals surface area contributed by atoms with E-state index >= 15 is 0 Å². The van der Waals surface area contributed by atoms with E-state index in [4.69, 9.17) is 17.0 Å². The minimum Gasteiger partial charge on any atom is -0.496 e. The number of nitrogens with zero attached hydrogens (tertiary/aromatic N) is 1. The average molecular weight is 347 g/mol. The van der Waals surface area contributed by atoms with Crippen LogP contribution in [0, 0.1) is 6.92 Å². The van der Waals surface area contributed by atoms with E-state index in [1.54, 1.807) is 7.11 Å². The summed E-state index contributed by atoms with van der Waals surface area (Å²) in [5, 5.41) is 6.82. The van der Waals surface area contributed by atoms with E-state index in [1.165, 1.54) is 0 Å². The molecule has 24 heavy (non-hydrogen) atoms. The first-order chi connectivity index (χ1) is 11.4. The van der Waals surface area contributed by atoms with Crippen molar-refractivity contribution in [1.82, 2.24) is 15.5 Å². The normalized spacial score (nSPS) is 17.2. The van der Waals surface area contributed by atoms with E-state index in [2.05, 4.69) is 10.6 Å². The first kappa shape index (κ1) is 18.3. The lowest BCUT2D eigenvalue weighted by Crippen LogP contribution is -2.47. The molecule has 0 saturated heterocycles. The molecule has 2 rings (SSSR count). The zero-order valence-corrected chi connectivity index (χ0v) is 15.7. The highest BCUT2D eigenvalue weighted by Crippen LogP contribution is 2.31. The van der Waals surface area contributed by atoms with E-state index in [-0.39, 0.29) is 11.9 Å². The van der Waals surface area contributed by atoms with Crippen LogP contribution in [0.15, 0.2) is 29.5 Å². The van der Waals surface area contributed by atoms with Gasteiger partial charge in [0.1, 0.15) is 5.75 Å². The molecule has 0 aliphatic carbocycles. The molecule has 1 aromatic rings. The van der Waals surface area contributed by atoms with E-state index in [1.807, 2.05) is 50.8 Å². The van der Waals surface area contributed by atoms with E-state index in [0.29, 0.717) is 23.8 Å². The lowest BCUT2D eigenvalue weighted by atomic mass is 9.93. The van der Waals surface area contributed by atoms with Crippen LogP contribution in [-0.4, -0.2) is 36.1 Å². The van der Waals surface area contributed by atoms with Crippen molar-refractivity contribution in [1.29, 1.82) is 0 Å². The minimum absolute atomic E-state index is 0.0181. The summed E-state index contributed by atoms with van der Waals surface area (Å²) in [6.45, 7) is 9.18. The van der Waals surface area contributed by atoms with Gasteiger partial charge in [0.2, 0.25) is 0 Å². The van der Waals surface area contributed by atoms with Gasteiger partial charge in [0.15, 0.2) is 5.11 Å². The Morgan fingerprint density at radius 2 is 1.96 bits per heavy atom. The Balaban J connectivity index is 2.50. The quantitative estimate of drug-likeness (QED) is 0.802. The number of carbonyl (C=O) groups excluding carboxylic acids is 1. The van der Waals surface area contributed by atoms with Gasteiger partial charge in [-0.3, -0.25) is 4.79 Å². The lowest BCUT2D eigenvalue weighted by molar-refractivity contribution is -0.127. The molecule has 0 bridgehead atoms. The van der Waals surface area contributed by atoms with Gasteiger partial charge in [-0.15, -0.1) is 0 Å². The highest BCUT2D eigenvalue weighted by atomic mass is 32.1. The predicted octanol–water partition coefficient (Wildman–Crippen LogP) is 2.66. The Labute approximate surface area is 149 Å². The molecule has 1 atom stereocenters. The number of nitrogens with one attached hydrogen (secondary N) is 2. The molecule has 1 amide bonds. The molecule has 6 heteroatoms. The first-order valence-electron chi connectivity index (χ1n) is 8.14. The number of thiocarbonyl (C=S) groups is 1. The van der Waals surface area contributed by atoms with Gasteiger partial charge >= 0.3 is 0 Å². The van der Waals surface area contributed by atoms with Crippen LogP contribution in [0.2, 0.25) is 0 Å². The van der Waals surface area contributed by atoms with Crippen LogP contribution >= 0.6 is 12.2 Å². The van der Waals surface area contributed by atoms with Gasteiger partial charge in [-0.25, -0.2) is 0 Å². The maximum absolute atomic E-state index is 13.0. The summed E-state index contributed by atoms with van der Waals surface area (Å²) in [6, 6.07) is 5.67. The molecule has 1 heterocycles. The molecule has 5 nitrogen and oxygen atoms in total. The highest BCUT2D eigenvalue weighted by Gasteiger charge is 2.32. The summed E-state index contributed by atoms with van der Waals surface area (Å²) < 4.78 is 5.43. The number of carbonyl (C=O) groups is 1. The van der Waals surface area contributed by atoms with Gasteiger partial charge in [0.25, 0.3) is 5.91 Å². The number of hydrogen-bond acceptors (Lipinski definition) is 3. The molecular weight excluding hydrogens is 322 g/mol. The smallest absolute Gasteiger partial charge is 0.253 e. The zero-order valence-electron chi connectivity index (χ0n) is 14.9. The van der Waals surface area contributed by atoms with Crippen LogP contribution in [0.1, 0.15) is 37.9 Å². The van der Waals surface area contributed by atoms with Gasteiger partial charge in [-0.1, -0.05) is 12.1 Å². The van der Waals surface area contributed by atoms with Crippen molar-refractivity contribution in [2.45, 2.75) is 33.7 Å². The number of rotatable bonds is 5. The van der Waals surface area contributed by atoms with Crippen molar-refractivity contribution in [3.05, 3.63) is 40.6 Å². The molecule has 0 saturated carbocycles. The van der Waals surface area contributed by atoms with Crippen molar-refractivity contribution in [2.75, 3.05) is 20.2 Å². The third-order valence-corrected chi connectivity index (χ3v) is 4.54. The Morgan fingerprint density at radius 1 is 1.29 bits per heavy atom. The van der Waals surface area contributed by atoms with Gasteiger partial charge in [0, 0.05) is 18.8 Å². The number of allylic oxidation sites excluding steroid dienone is 1. The Morgan fingerprint density at radius 3 is 2.54 bits per heavy atom. The SMILES string of the molecule is CCN(CC)C(=O)C1=C(C)NC(=S)N[C@H]1c1ccc(C)c(OC)c1. The summed E-state index contributed by atoms with van der Waals surface area (Å²) >= 11 is 5.30. The average Bonchev–Trinajstić information content (AvgIpc) is 2.55. The number of methoxy groups -OCH3 is 1. The zero-order chi connectivity index (χ0) is 17.9. The number of benzene rings is 1. The van der Waals surface area contributed by atoms with E-state index < -0.39 is 0 Å². The highest BCUT2D eigenvalue weighted by molar-refractivity contribution is 7.80. The lowest BCUT2D eigenvalue weighted by Gasteiger charge is -2.33. The maximum Gasteiger partial charge on any atom is 0.253 e. The number of aryl methyl sites for hydroxylation is 1. The molecule has 0 radical (unpaired) electrons.